The van der Waals surface area contributed by atoms with Gasteiger partial charge >= 0.3 is 0 Å². The van der Waals surface area contributed by atoms with Crippen molar-refractivity contribution in [3.05, 3.63) is 40.4 Å². The van der Waals surface area contributed by atoms with Crippen molar-refractivity contribution in [3.63, 3.8) is 0 Å². The van der Waals surface area contributed by atoms with Gasteiger partial charge in [0.1, 0.15) is 11.6 Å². The molecule has 2 aromatic rings. The van der Waals surface area contributed by atoms with Crippen molar-refractivity contribution in [1.82, 2.24) is 19.9 Å². The molecule has 7 nitrogen and oxygen atoms in total. The van der Waals surface area contributed by atoms with E-state index < -0.39 is 0 Å². The van der Waals surface area contributed by atoms with Gasteiger partial charge in [0.05, 0.1) is 0 Å². The minimum atomic E-state index is -0.151. The molecule has 0 radical (unpaired) electrons. The quantitative estimate of drug-likeness (QED) is 0.831. The van der Waals surface area contributed by atoms with Gasteiger partial charge < -0.3 is 15.2 Å². The Kier molecular flexibility index (Phi) is 5.41. The lowest BCUT2D eigenvalue weighted by Crippen LogP contribution is -2.35. The van der Waals surface area contributed by atoms with Gasteiger partial charge in [-0.3, -0.25) is 9.59 Å². The van der Waals surface area contributed by atoms with Gasteiger partial charge in [0.25, 0.3) is 5.56 Å². The fraction of sp³-hybridized carbons (Fsp3) is 0.524. The summed E-state index contributed by atoms with van der Waals surface area (Å²) in [5, 5.41) is 3.43. The van der Waals surface area contributed by atoms with Gasteiger partial charge in [0.15, 0.2) is 0 Å². The van der Waals surface area contributed by atoms with Crippen LogP contribution in [0.15, 0.2) is 29.2 Å². The smallest absolute Gasteiger partial charge is 0.251 e. The molecule has 1 aliphatic heterocycles. The number of hydrogen-bond acceptors (Lipinski definition) is 5. The number of rotatable bonds is 5. The highest BCUT2D eigenvalue weighted by Gasteiger charge is 2.32. The molecule has 148 valence electrons. The molecule has 0 aromatic carbocycles. The van der Waals surface area contributed by atoms with Gasteiger partial charge in [-0.05, 0) is 37.8 Å². The summed E-state index contributed by atoms with van der Waals surface area (Å²) in [5.41, 5.74) is 1.39. The van der Waals surface area contributed by atoms with Crippen molar-refractivity contribution in [3.8, 4) is 11.4 Å². The van der Waals surface area contributed by atoms with Crippen LogP contribution in [0.25, 0.3) is 11.4 Å². The number of H-pyrrole nitrogens is 1. The van der Waals surface area contributed by atoms with Crippen LogP contribution < -0.4 is 10.9 Å². The molecule has 4 rings (SSSR count). The number of likely N-dealkylation sites (tertiary alicyclic amines) is 1. The first-order chi connectivity index (χ1) is 13.6. The first-order valence-electron chi connectivity index (χ1n) is 10.2. The number of nitrogens with zero attached hydrogens (tertiary/aromatic N) is 3. The predicted octanol–water partition coefficient (Wildman–Crippen LogP) is 2.60. The molecule has 2 aliphatic rings. The monoisotopic (exact) mass is 381 g/mol. The minimum absolute atomic E-state index is 0.151. The lowest BCUT2D eigenvalue weighted by Gasteiger charge is -2.20. The van der Waals surface area contributed by atoms with Crippen LogP contribution in [0.2, 0.25) is 0 Å². The first kappa shape index (κ1) is 18.7. The number of hydrogen-bond donors (Lipinski definition) is 2. The SMILES string of the molecule is CCc1cc(=O)[nH]c(-c2ccc(NC3CCN(C(=O)C4CCCC4)C3)nc2)n1. The minimum Gasteiger partial charge on any atom is -0.365 e. The number of aromatic amines is 1. The molecule has 2 aromatic heterocycles. The predicted molar refractivity (Wildman–Crippen MR) is 108 cm³/mol. The van der Waals surface area contributed by atoms with E-state index in [9.17, 15) is 9.59 Å². The second kappa shape index (κ2) is 8.12. The van der Waals surface area contributed by atoms with Crippen molar-refractivity contribution >= 4 is 11.7 Å². The van der Waals surface area contributed by atoms with E-state index in [1.54, 1.807) is 6.20 Å². The molecule has 2 fully saturated rings. The Balaban J connectivity index is 1.38. The summed E-state index contributed by atoms with van der Waals surface area (Å²) in [6, 6.07) is 5.55. The third-order valence-corrected chi connectivity index (χ3v) is 5.75. The largest absolute Gasteiger partial charge is 0.365 e. The lowest BCUT2D eigenvalue weighted by molar-refractivity contribution is -0.134. The molecule has 1 atom stereocenters. The van der Waals surface area contributed by atoms with E-state index >= 15 is 0 Å². The third-order valence-electron chi connectivity index (χ3n) is 5.75. The van der Waals surface area contributed by atoms with E-state index in [0.29, 0.717) is 18.2 Å². The topological polar surface area (TPSA) is 91.0 Å². The Morgan fingerprint density at radius 2 is 2.11 bits per heavy atom. The van der Waals surface area contributed by atoms with E-state index in [2.05, 4.69) is 20.3 Å². The normalized spacial score (nSPS) is 19.9. The fourth-order valence-electron chi connectivity index (χ4n) is 4.16. The van der Waals surface area contributed by atoms with E-state index in [1.165, 1.54) is 18.9 Å². The average molecular weight is 381 g/mol. The summed E-state index contributed by atoms with van der Waals surface area (Å²) in [5.74, 6) is 1.89. The molecular formula is C21H27N5O2. The number of aryl methyl sites for hydroxylation is 1. The Hall–Kier alpha value is -2.70. The van der Waals surface area contributed by atoms with Gasteiger partial charge in [-0.1, -0.05) is 19.8 Å². The van der Waals surface area contributed by atoms with Crippen LogP contribution in [0.1, 0.15) is 44.7 Å². The second-order valence-electron chi connectivity index (χ2n) is 7.77. The number of pyridine rings is 1. The van der Waals surface area contributed by atoms with Crippen LogP contribution in [0.4, 0.5) is 5.82 Å². The zero-order chi connectivity index (χ0) is 19.5. The molecule has 1 aliphatic carbocycles. The maximum atomic E-state index is 12.6. The van der Waals surface area contributed by atoms with Gasteiger partial charge in [0, 0.05) is 48.6 Å². The first-order valence-corrected chi connectivity index (χ1v) is 10.2. The Bertz CT molecular complexity index is 886. The highest BCUT2D eigenvalue weighted by molar-refractivity contribution is 5.79. The maximum absolute atomic E-state index is 12.6. The van der Waals surface area contributed by atoms with E-state index in [-0.39, 0.29) is 17.5 Å². The number of aromatic nitrogens is 3. The summed E-state index contributed by atoms with van der Waals surface area (Å²) in [6.07, 6.45) is 7.83. The van der Waals surface area contributed by atoms with Gasteiger partial charge in [-0.15, -0.1) is 0 Å². The average Bonchev–Trinajstić information content (AvgIpc) is 3.40. The Labute approximate surface area is 164 Å². The molecule has 1 saturated carbocycles. The molecule has 1 unspecified atom stereocenters. The molecule has 1 saturated heterocycles. The molecule has 2 N–H and O–H groups in total. The van der Waals surface area contributed by atoms with Crippen LogP contribution in [0.5, 0.6) is 0 Å². The highest BCUT2D eigenvalue weighted by Crippen LogP contribution is 2.28. The molecular weight excluding hydrogens is 354 g/mol. The molecule has 0 bridgehead atoms. The van der Waals surface area contributed by atoms with Gasteiger partial charge in [-0.25, -0.2) is 9.97 Å². The Morgan fingerprint density at radius 1 is 1.29 bits per heavy atom. The number of carbonyl (C=O) groups is 1. The highest BCUT2D eigenvalue weighted by atomic mass is 16.2. The van der Waals surface area contributed by atoms with Gasteiger partial charge in [-0.2, -0.15) is 0 Å². The molecule has 28 heavy (non-hydrogen) atoms. The fourth-order valence-corrected chi connectivity index (χ4v) is 4.16. The number of anilines is 1. The summed E-state index contributed by atoms with van der Waals surface area (Å²) >= 11 is 0. The van der Waals surface area contributed by atoms with Crippen LogP contribution in [0.3, 0.4) is 0 Å². The van der Waals surface area contributed by atoms with E-state index in [1.807, 2.05) is 24.0 Å². The van der Waals surface area contributed by atoms with Crippen LogP contribution in [-0.4, -0.2) is 44.9 Å². The summed E-state index contributed by atoms with van der Waals surface area (Å²) < 4.78 is 0. The van der Waals surface area contributed by atoms with Crippen LogP contribution >= 0.6 is 0 Å². The van der Waals surface area contributed by atoms with E-state index in [0.717, 1.165) is 49.4 Å². The molecule has 7 heteroatoms. The molecule has 3 heterocycles. The zero-order valence-corrected chi connectivity index (χ0v) is 16.3. The number of amides is 1. The number of nitrogens with one attached hydrogen (secondary N) is 2. The zero-order valence-electron chi connectivity index (χ0n) is 16.3. The second-order valence-corrected chi connectivity index (χ2v) is 7.77. The van der Waals surface area contributed by atoms with Gasteiger partial charge in [0.2, 0.25) is 5.91 Å². The van der Waals surface area contributed by atoms with Crippen molar-refractivity contribution in [2.45, 2.75) is 51.5 Å². The van der Waals surface area contributed by atoms with E-state index in [4.69, 9.17) is 0 Å². The summed E-state index contributed by atoms with van der Waals surface area (Å²) in [7, 11) is 0. The molecule has 1 amide bonds. The van der Waals surface area contributed by atoms with Crippen molar-refractivity contribution in [2.24, 2.45) is 5.92 Å². The Morgan fingerprint density at radius 3 is 2.82 bits per heavy atom. The lowest BCUT2D eigenvalue weighted by atomic mass is 10.1. The summed E-state index contributed by atoms with van der Waals surface area (Å²) in [4.78, 5) is 38.0. The maximum Gasteiger partial charge on any atom is 0.251 e. The van der Waals surface area contributed by atoms with Crippen molar-refractivity contribution in [1.29, 1.82) is 0 Å². The van der Waals surface area contributed by atoms with Crippen molar-refractivity contribution in [2.75, 3.05) is 18.4 Å². The van der Waals surface area contributed by atoms with Crippen molar-refractivity contribution < 1.29 is 4.79 Å². The third kappa shape index (κ3) is 4.08. The summed E-state index contributed by atoms with van der Waals surface area (Å²) in [6.45, 7) is 3.53. The standard InChI is InChI=1S/C21H27N5O2/c1-2-16-11-19(27)25-20(24-16)15-7-8-18(22-12-15)23-17-9-10-26(13-17)21(28)14-5-3-4-6-14/h7-8,11-12,14,17H,2-6,9-10,13H2,1H3,(H,22,23)(H,24,25,27). The van der Waals surface area contributed by atoms with Crippen LogP contribution in [-0.2, 0) is 11.2 Å². The number of carbonyl (C=O) groups excluding carboxylic acids is 1. The molecule has 0 spiro atoms. The van der Waals surface area contributed by atoms with Crippen LogP contribution in [0, 0.1) is 5.92 Å².